The maximum atomic E-state index is 13.5. The van der Waals surface area contributed by atoms with Crippen molar-refractivity contribution in [1.82, 2.24) is 0 Å². The molecule has 0 fully saturated rings. The quantitative estimate of drug-likeness (QED) is 0.160. The molecule has 2 atom stereocenters. The lowest BCUT2D eigenvalue weighted by Crippen LogP contribution is -2.43. The van der Waals surface area contributed by atoms with E-state index in [9.17, 15) is 9.59 Å². The zero-order valence-corrected chi connectivity index (χ0v) is 34.7. The first-order valence-corrected chi connectivity index (χ1v) is 20.3. The number of para-hydroxylation sites is 2. The van der Waals surface area contributed by atoms with E-state index in [1.807, 2.05) is 131 Å². The van der Waals surface area contributed by atoms with E-state index in [0.29, 0.717) is 11.1 Å². The minimum Gasteiger partial charge on any atom is -0.497 e. The van der Waals surface area contributed by atoms with Gasteiger partial charge in [-0.3, -0.25) is 19.4 Å². The van der Waals surface area contributed by atoms with Crippen LogP contribution in [0.1, 0.15) is 95.8 Å². The van der Waals surface area contributed by atoms with Gasteiger partial charge in [-0.1, -0.05) is 123 Å². The molecule has 0 aromatic heterocycles. The van der Waals surface area contributed by atoms with Crippen LogP contribution in [-0.2, 0) is 11.8 Å². The van der Waals surface area contributed by atoms with Gasteiger partial charge < -0.3 is 15.4 Å². The number of nitrogens with one attached hydrogen (secondary N) is 2. The van der Waals surface area contributed by atoms with Gasteiger partial charge in [0.25, 0.3) is 11.8 Å². The van der Waals surface area contributed by atoms with Crippen molar-refractivity contribution in [2.45, 2.75) is 64.7 Å². The number of hydrogen-bond acceptors (Lipinski definition) is 5. The Balaban J connectivity index is 0.000000174. The third-order valence-electron chi connectivity index (χ3n) is 10.5. The molecule has 2 heterocycles. The summed E-state index contributed by atoms with van der Waals surface area (Å²) in [4.78, 5) is 30.6. The van der Waals surface area contributed by atoms with Crippen LogP contribution in [0.25, 0.3) is 0 Å². The van der Waals surface area contributed by atoms with Crippen molar-refractivity contribution >= 4 is 50.5 Å². The topological polar surface area (TPSA) is 73.9 Å². The highest BCUT2D eigenvalue weighted by Gasteiger charge is 2.35. The maximum Gasteiger partial charge on any atom is 0.262 e. The van der Waals surface area contributed by atoms with E-state index < -0.39 is 0 Å². The number of unbranched alkanes of at least 4 members (excludes halogenated alkanes) is 1. The van der Waals surface area contributed by atoms with E-state index in [4.69, 9.17) is 4.74 Å². The summed E-state index contributed by atoms with van der Waals surface area (Å²) < 4.78 is 6.42. The second kappa shape index (κ2) is 17.1. The van der Waals surface area contributed by atoms with Crippen LogP contribution in [0.15, 0.2) is 150 Å². The molecule has 0 bridgehead atoms. The van der Waals surface area contributed by atoms with Gasteiger partial charge >= 0.3 is 0 Å². The number of ether oxygens (including phenoxy) is 1. The molecule has 0 radical (unpaired) electrons. The summed E-state index contributed by atoms with van der Waals surface area (Å²) in [7, 11) is 1.65. The Labute approximate surface area is 344 Å². The number of hydrogen-bond donors (Lipinski definition) is 2. The molecule has 57 heavy (non-hydrogen) atoms. The van der Waals surface area contributed by atoms with Crippen LogP contribution in [0.3, 0.4) is 0 Å². The highest BCUT2D eigenvalue weighted by molar-refractivity contribution is 9.10. The number of fused-ring (bicyclic) bond motifs is 2. The SMILES string of the molecule is CC(C)(C)c1ccc(N2C(=O)c3ccccc3NC2c2ccc(Br)cc2)cc1.CCCCc1ccc(N2C(=O)c3ccccc3NC2c2cccc(OC)c2)cc1. The van der Waals surface area contributed by atoms with E-state index in [0.717, 1.165) is 50.5 Å². The third-order valence-corrected chi connectivity index (χ3v) is 11.0. The summed E-state index contributed by atoms with van der Waals surface area (Å²) in [6.45, 7) is 8.77. The monoisotopic (exact) mass is 820 g/mol. The number of anilines is 4. The Morgan fingerprint density at radius 1 is 0.632 bits per heavy atom. The van der Waals surface area contributed by atoms with E-state index in [1.165, 1.54) is 24.0 Å². The zero-order chi connectivity index (χ0) is 40.1. The molecule has 7 nitrogen and oxygen atoms in total. The molecule has 0 aliphatic carbocycles. The van der Waals surface area contributed by atoms with Gasteiger partial charge in [0, 0.05) is 27.2 Å². The van der Waals surface area contributed by atoms with E-state index in [2.05, 4.69) is 78.5 Å². The second-order valence-electron chi connectivity index (χ2n) is 15.4. The first kappa shape index (κ1) is 39.4. The van der Waals surface area contributed by atoms with E-state index in [1.54, 1.807) is 7.11 Å². The predicted molar refractivity (Wildman–Crippen MR) is 237 cm³/mol. The molecule has 2 aliphatic rings. The number of rotatable bonds is 8. The number of amides is 2. The molecule has 0 spiro atoms. The molecule has 6 aromatic rings. The van der Waals surface area contributed by atoms with Crippen molar-refractivity contribution in [3.63, 3.8) is 0 Å². The first-order chi connectivity index (χ1) is 27.5. The second-order valence-corrected chi connectivity index (χ2v) is 16.3. The van der Waals surface area contributed by atoms with Gasteiger partial charge in [0.15, 0.2) is 0 Å². The minimum atomic E-state index is -0.311. The molecule has 8 rings (SSSR count). The van der Waals surface area contributed by atoms with Crippen molar-refractivity contribution in [3.8, 4) is 5.75 Å². The fraction of sp³-hybridized carbons (Fsp3) is 0.224. The predicted octanol–water partition coefficient (Wildman–Crippen LogP) is 12.3. The van der Waals surface area contributed by atoms with Crippen LogP contribution < -0.4 is 25.2 Å². The van der Waals surface area contributed by atoms with Crippen molar-refractivity contribution in [2.24, 2.45) is 0 Å². The standard InChI is InChI=1S/C25H26N2O2.C24H23BrN2O/c1-3-4-8-18-13-15-20(16-14-18)27-24(19-9-7-10-21(17-19)29-2)26-23-12-6-5-11-22(23)25(27)28;1-24(2,3)17-10-14-19(15-11-17)27-22(16-8-12-18(25)13-9-16)26-21-7-5-4-6-20(21)23(27)28/h5-7,9-17,24,26H,3-4,8H2,1-2H3;4-15,22,26H,1-3H3. The minimum absolute atomic E-state index is 0.00535. The van der Waals surface area contributed by atoms with Gasteiger partial charge in [-0.25, -0.2) is 0 Å². The summed E-state index contributed by atoms with van der Waals surface area (Å²) in [6, 6.07) is 47.9. The van der Waals surface area contributed by atoms with Gasteiger partial charge in [-0.05, 0) is 113 Å². The smallest absolute Gasteiger partial charge is 0.262 e. The summed E-state index contributed by atoms with van der Waals surface area (Å²) in [5, 5.41) is 7.09. The van der Waals surface area contributed by atoms with Crippen LogP contribution >= 0.6 is 15.9 Å². The highest BCUT2D eigenvalue weighted by Crippen LogP contribution is 2.39. The van der Waals surface area contributed by atoms with Crippen LogP contribution in [0.2, 0.25) is 0 Å². The largest absolute Gasteiger partial charge is 0.497 e. The molecule has 6 aromatic carbocycles. The average molecular weight is 822 g/mol. The Morgan fingerprint density at radius 2 is 1.16 bits per heavy atom. The summed E-state index contributed by atoms with van der Waals surface area (Å²) >= 11 is 3.49. The fourth-order valence-electron chi connectivity index (χ4n) is 7.29. The Hall–Kier alpha value is -5.86. The van der Waals surface area contributed by atoms with Crippen LogP contribution in [-0.4, -0.2) is 18.9 Å². The summed E-state index contributed by atoms with van der Waals surface area (Å²) in [5.41, 5.74) is 9.47. The molecule has 2 amide bonds. The molecular formula is C49H49BrN4O3. The Kier molecular flexibility index (Phi) is 11.8. The lowest BCUT2D eigenvalue weighted by atomic mass is 9.87. The average Bonchev–Trinajstić information content (AvgIpc) is 3.23. The number of methoxy groups -OCH3 is 1. The number of benzene rings is 6. The number of carbonyl (C=O) groups excluding carboxylic acids is 2. The molecule has 0 saturated carbocycles. The van der Waals surface area contributed by atoms with Crippen LogP contribution in [0.4, 0.5) is 22.7 Å². The van der Waals surface area contributed by atoms with Crippen molar-refractivity contribution in [2.75, 3.05) is 27.5 Å². The highest BCUT2D eigenvalue weighted by atomic mass is 79.9. The molecule has 8 heteroatoms. The van der Waals surface area contributed by atoms with Crippen molar-refractivity contribution in [1.29, 1.82) is 0 Å². The fourth-order valence-corrected chi connectivity index (χ4v) is 7.55. The Bertz CT molecular complexity index is 2340. The molecular weight excluding hydrogens is 772 g/mol. The van der Waals surface area contributed by atoms with E-state index in [-0.39, 0.29) is 29.6 Å². The first-order valence-electron chi connectivity index (χ1n) is 19.5. The summed E-state index contributed by atoms with van der Waals surface area (Å²) in [6.07, 6.45) is 2.82. The van der Waals surface area contributed by atoms with Crippen molar-refractivity contribution < 1.29 is 14.3 Å². The van der Waals surface area contributed by atoms with Gasteiger partial charge in [-0.2, -0.15) is 0 Å². The normalized spacial score (nSPS) is 16.0. The molecule has 2 aliphatic heterocycles. The van der Waals surface area contributed by atoms with Crippen molar-refractivity contribution in [3.05, 3.63) is 183 Å². The van der Waals surface area contributed by atoms with Gasteiger partial charge in [0.1, 0.15) is 18.1 Å². The van der Waals surface area contributed by atoms with Gasteiger partial charge in [0.2, 0.25) is 0 Å². The molecule has 2 N–H and O–H groups in total. The lowest BCUT2D eigenvalue weighted by molar-refractivity contribution is 0.0967. The van der Waals surface area contributed by atoms with E-state index >= 15 is 0 Å². The maximum absolute atomic E-state index is 13.5. The lowest BCUT2D eigenvalue weighted by Gasteiger charge is -2.38. The third kappa shape index (κ3) is 8.61. The molecule has 0 saturated heterocycles. The number of nitrogens with zero attached hydrogens (tertiary/aromatic N) is 2. The molecule has 2 unspecified atom stereocenters. The molecule has 290 valence electrons. The Morgan fingerprint density at radius 3 is 1.68 bits per heavy atom. The summed E-state index contributed by atoms with van der Waals surface area (Å²) in [5.74, 6) is 0.768. The van der Waals surface area contributed by atoms with Gasteiger partial charge in [0.05, 0.1) is 18.2 Å². The number of aryl methyl sites for hydroxylation is 1. The zero-order valence-electron chi connectivity index (χ0n) is 33.1. The van der Waals surface area contributed by atoms with Crippen LogP contribution in [0, 0.1) is 0 Å². The number of carbonyl (C=O) groups is 2. The van der Waals surface area contributed by atoms with Gasteiger partial charge in [-0.15, -0.1) is 0 Å². The number of halogens is 1. The van der Waals surface area contributed by atoms with Crippen LogP contribution in [0.5, 0.6) is 5.75 Å².